The van der Waals surface area contributed by atoms with E-state index in [2.05, 4.69) is 15.4 Å². The molecular weight excluding hydrogens is 327 g/mol. The van der Waals surface area contributed by atoms with Crippen LogP contribution in [0.2, 0.25) is 10.0 Å². The fourth-order valence-electron chi connectivity index (χ4n) is 1.94. The number of carbonyl (C=O) groups excluding carboxylic acids is 1. The summed E-state index contributed by atoms with van der Waals surface area (Å²) in [6.07, 6.45) is 0.460. The zero-order valence-electron chi connectivity index (χ0n) is 12.2. The number of para-hydroxylation sites is 1. The minimum atomic E-state index is -0.411. The van der Waals surface area contributed by atoms with Crippen molar-refractivity contribution in [1.82, 2.24) is 20.1 Å². The molecule has 0 spiro atoms. The van der Waals surface area contributed by atoms with Crippen LogP contribution in [0, 0.1) is 6.92 Å². The van der Waals surface area contributed by atoms with Gasteiger partial charge in [0.2, 0.25) is 5.82 Å². The quantitative estimate of drug-likeness (QED) is 0.874. The number of rotatable bonds is 5. The van der Waals surface area contributed by atoms with E-state index < -0.39 is 5.91 Å². The lowest BCUT2D eigenvalue weighted by atomic mass is 10.2. The van der Waals surface area contributed by atoms with E-state index in [0.29, 0.717) is 28.0 Å². The summed E-state index contributed by atoms with van der Waals surface area (Å²) in [5.41, 5.74) is 0.485. The Morgan fingerprint density at radius 3 is 2.64 bits per heavy atom. The van der Waals surface area contributed by atoms with Gasteiger partial charge in [0.15, 0.2) is 0 Å². The molecule has 1 aromatic heterocycles. The van der Waals surface area contributed by atoms with Gasteiger partial charge in [0, 0.05) is 12.6 Å². The molecule has 1 heterocycles. The van der Waals surface area contributed by atoms with Crippen LogP contribution in [0.1, 0.15) is 29.8 Å². The Balaban J connectivity index is 2.31. The van der Waals surface area contributed by atoms with Crippen molar-refractivity contribution in [3.05, 3.63) is 39.9 Å². The van der Waals surface area contributed by atoms with Crippen LogP contribution in [0.15, 0.2) is 18.2 Å². The molecule has 8 heteroatoms. The molecule has 6 nitrogen and oxygen atoms in total. The lowest BCUT2D eigenvalue weighted by Crippen LogP contribution is -2.34. The Bertz CT molecular complexity index is 667. The number of hydrogen-bond donors (Lipinski definition) is 2. The molecule has 0 radical (unpaired) electrons. The van der Waals surface area contributed by atoms with Gasteiger partial charge < -0.3 is 10.4 Å². The summed E-state index contributed by atoms with van der Waals surface area (Å²) in [4.78, 5) is 16.2. The Morgan fingerprint density at radius 2 is 2.05 bits per heavy atom. The van der Waals surface area contributed by atoms with E-state index in [0.717, 1.165) is 0 Å². The molecule has 22 heavy (non-hydrogen) atoms. The molecule has 2 aromatic rings. The van der Waals surface area contributed by atoms with Crippen molar-refractivity contribution in [1.29, 1.82) is 0 Å². The van der Waals surface area contributed by atoms with Crippen LogP contribution in [-0.4, -0.2) is 38.4 Å². The second kappa shape index (κ2) is 7.09. The fourth-order valence-corrected chi connectivity index (χ4v) is 2.50. The number of halogens is 2. The second-order valence-corrected chi connectivity index (χ2v) is 5.67. The average molecular weight is 343 g/mol. The van der Waals surface area contributed by atoms with Gasteiger partial charge in [-0.2, -0.15) is 0 Å². The van der Waals surface area contributed by atoms with Crippen LogP contribution in [0.25, 0.3) is 5.69 Å². The maximum atomic E-state index is 12.1. The van der Waals surface area contributed by atoms with Crippen LogP contribution in [0.4, 0.5) is 0 Å². The minimum Gasteiger partial charge on any atom is -0.396 e. The summed E-state index contributed by atoms with van der Waals surface area (Å²) in [6.45, 7) is 3.50. The molecule has 1 unspecified atom stereocenters. The molecule has 0 saturated heterocycles. The molecule has 0 aliphatic rings. The molecule has 1 aromatic carbocycles. The number of amides is 1. The van der Waals surface area contributed by atoms with Gasteiger partial charge >= 0.3 is 0 Å². The number of aliphatic hydroxyl groups is 1. The highest BCUT2D eigenvalue weighted by molar-refractivity contribution is 6.37. The Labute approximate surface area is 138 Å². The van der Waals surface area contributed by atoms with E-state index in [1.807, 2.05) is 0 Å². The number of aromatic nitrogens is 3. The van der Waals surface area contributed by atoms with Gasteiger partial charge in [-0.25, -0.2) is 9.67 Å². The summed E-state index contributed by atoms with van der Waals surface area (Å²) in [5, 5.41) is 16.6. The lowest BCUT2D eigenvalue weighted by molar-refractivity contribution is 0.0924. The van der Waals surface area contributed by atoms with Crippen LogP contribution in [-0.2, 0) is 0 Å². The molecule has 0 saturated carbocycles. The van der Waals surface area contributed by atoms with Crippen LogP contribution in [0.3, 0.4) is 0 Å². The molecule has 0 aliphatic heterocycles. The Kier molecular flexibility index (Phi) is 5.39. The first kappa shape index (κ1) is 16.7. The summed E-state index contributed by atoms with van der Waals surface area (Å²) in [5.74, 6) is 0.110. The second-order valence-electron chi connectivity index (χ2n) is 4.85. The normalized spacial score (nSPS) is 12.2. The van der Waals surface area contributed by atoms with Crippen molar-refractivity contribution in [2.24, 2.45) is 0 Å². The molecular formula is C14H16Cl2N4O2. The highest BCUT2D eigenvalue weighted by Crippen LogP contribution is 2.28. The zero-order valence-corrected chi connectivity index (χ0v) is 13.7. The molecule has 2 N–H and O–H groups in total. The third kappa shape index (κ3) is 3.58. The minimum absolute atomic E-state index is 0.00241. The summed E-state index contributed by atoms with van der Waals surface area (Å²) in [6, 6.07) is 4.93. The number of aryl methyl sites for hydroxylation is 1. The fraction of sp³-hybridized carbons (Fsp3) is 0.357. The monoisotopic (exact) mass is 342 g/mol. The van der Waals surface area contributed by atoms with Gasteiger partial charge in [0.1, 0.15) is 11.5 Å². The van der Waals surface area contributed by atoms with Crippen molar-refractivity contribution in [3.63, 3.8) is 0 Å². The van der Waals surface area contributed by atoms with Crippen molar-refractivity contribution in [3.8, 4) is 5.69 Å². The smallest absolute Gasteiger partial charge is 0.291 e. The molecule has 1 amide bonds. The highest BCUT2D eigenvalue weighted by Gasteiger charge is 2.19. The van der Waals surface area contributed by atoms with Gasteiger partial charge in [-0.05, 0) is 32.4 Å². The van der Waals surface area contributed by atoms with Crippen LogP contribution in [0.5, 0.6) is 0 Å². The molecule has 0 bridgehead atoms. The third-order valence-corrected chi connectivity index (χ3v) is 3.67. The molecule has 0 aliphatic carbocycles. The third-order valence-electron chi connectivity index (χ3n) is 3.06. The van der Waals surface area contributed by atoms with E-state index in [4.69, 9.17) is 28.3 Å². The van der Waals surface area contributed by atoms with E-state index in [1.54, 1.807) is 32.0 Å². The van der Waals surface area contributed by atoms with Crippen molar-refractivity contribution in [2.45, 2.75) is 26.3 Å². The predicted molar refractivity (Wildman–Crippen MR) is 84.7 cm³/mol. The van der Waals surface area contributed by atoms with Crippen molar-refractivity contribution >= 4 is 29.1 Å². The number of aliphatic hydroxyl groups excluding tert-OH is 1. The highest BCUT2D eigenvalue weighted by atomic mass is 35.5. The summed E-state index contributed by atoms with van der Waals surface area (Å²) < 4.78 is 1.44. The number of nitrogens with one attached hydrogen (secondary N) is 1. The topological polar surface area (TPSA) is 80.0 Å². The van der Waals surface area contributed by atoms with Crippen molar-refractivity contribution in [2.75, 3.05) is 6.61 Å². The van der Waals surface area contributed by atoms with Gasteiger partial charge in [-0.3, -0.25) is 4.79 Å². The van der Waals surface area contributed by atoms with E-state index in [-0.39, 0.29) is 18.5 Å². The lowest BCUT2D eigenvalue weighted by Gasteiger charge is -2.10. The molecule has 2 rings (SSSR count). The van der Waals surface area contributed by atoms with Gasteiger partial charge in [-0.1, -0.05) is 29.3 Å². The molecule has 1 atom stereocenters. The SMILES string of the molecule is Cc1nc(C(=O)NC(C)CCO)nn1-c1c(Cl)cccc1Cl. The van der Waals surface area contributed by atoms with Crippen molar-refractivity contribution < 1.29 is 9.90 Å². The number of benzene rings is 1. The largest absolute Gasteiger partial charge is 0.396 e. The molecule has 0 fully saturated rings. The van der Waals surface area contributed by atoms with E-state index in [1.165, 1.54) is 4.68 Å². The van der Waals surface area contributed by atoms with E-state index in [9.17, 15) is 4.79 Å². The average Bonchev–Trinajstić information content (AvgIpc) is 2.81. The number of nitrogens with zero attached hydrogens (tertiary/aromatic N) is 3. The summed E-state index contributed by atoms with van der Waals surface area (Å²) in [7, 11) is 0. The molecule has 118 valence electrons. The van der Waals surface area contributed by atoms with E-state index >= 15 is 0 Å². The Hall–Kier alpha value is -1.63. The zero-order chi connectivity index (χ0) is 16.3. The van der Waals surface area contributed by atoms with Gasteiger partial charge in [0.05, 0.1) is 10.0 Å². The standard InChI is InChI=1S/C14H16Cl2N4O2/c1-8(6-7-21)17-14(22)13-18-9(2)20(19-13)12-10(15)4-3-5-11(12)16/h3-5,8,21H,6-7H2,1-2H3,(H,17,22). The van der Waals surface area contributed by atoms with Crippen LogP contribution >= 0.6 is 23.2 Å². The summed E-state index contributed by atoms with van der Waals surface area (Å²) >= 11 is 12.3. The first-order chi connectivity index (χ1) is 10.4. The van der Waals surface area contributed by atoms with Gasteiger partial charge in [-0.15, -0.1) is 5.10 Å². The Morgan fingerprint density at radius 1 is 1.41 bits per heavy atom. The number of carbonyl (C=O) groups is 1. The number of hydrogen-bond acceptors (Lipinski definition) is 4. The van der Waals surface area contributed by atoms with Crippen LogP contribution < -0.4 is 5.32 Å². The first-order valence-corrected chi connectivity index (χ1v) is 7.49. The first-order valence-electron chi connectivity index (χ1n) is 6.73. The maximum absolute atomic E-state index is 12.1. The predicted octanol–water partition coefficient (Wildman–Crippen LogP) is 2.38. The maximum Gasteiger partial charge on any atom is 0.291 e. The van der Waals surface area contributed by atoms with Gasteiger partial charge in [0.25, 0.3) is 5.91 Å².